The zero-order chi connectivity index (χ0) is 28.4. The highest BCUT2D eigenvalue weighted by atomic mass is 19.1. The maximum Gasteiger partial charge on any atom is 0.284 e. The standard InChI is InChI=1S/C30H27FN4O5/c1-18(36)17-39-24-12-13-25-26(16-24)32-15-14-27(25)40-23-10-6-21(7-11-23)33-29(37)28-19(2)34(3)35(30(28)38)22-8-4-20(31)5-9-22/h4-16,18,36H,17H2,1-3H3,(H,33,37)/t18-/m0/s1. The number of aliphatic hydroxyl groups is 1. The summed E-state index contributed by atoms with van der Waals surface area (Å²) in [5, 5.41) is 13.0. The van der Waals surface area contributed by atoms with Gasteiger partial charge in [0.15, 0.2) is 0 Å². The minimum Gasteiger partial charge on any atom is -0.491 e. The smallest absolute Gasteiger partial charge is 0.284 e. The molecule has 0 saturated carbocycles. The average Bonchev–Trinajstić information content (AvgIpc) is 3.16. The van der Waals surface area contributed by atoms with Crippen molar-refractivity contribution < 1.29 is 23.8 Å². The molecule has 5 aromatic rings. The number of carbonyl (C=O) groups is 1. The van der Waals surface area contributed by atoms with Crippen LogP contribution in [0.1, 0.15) is 23.0 Å². The molecule has 3 aromatic carbocycles. The van der Waals surface area contributed by atoms with Gasteiger partial charge in [0.25, 0.3) is 11.5 Å². The average molecular weight is 543 g/mol. The van der Waals surface area contributed by atoms with Gasteiger partial charge in [0.1, 0.15) is 35.2 Å². The van der Waals surface area contributed by atoms with Gasteiger partial charge in [0.2, 0.25) is 0 Å². The van der Waals surface area contributed by atoms with Crippen LogP contribution in [0.15, 0.2) is 83.8 Å². The number of rotatable bonds is 8. The van der Waals surface area contributed by atoms with Crippen molar-refractivity contribution in [2.45, 2.75) is 20.0 Å². The van der Waals surface area contributed by atoms with Crippen LogP contribution < -0.4 is 20.3 Å². The molecule has 10 heteroatoms. The summed E-state index contributed by atoms with van der Waals surface area (Å²) in [4.78, 5) is 30.6. The van der Waals surface area contributed by atoms with E-state index < -0.39 is 23.4 Å². The molecule has 2 heterocycles. The number of halogens is 1. The summed E-state index contributed by atoms with van der Waals surface area (Å²) in [5.74, 6) is 0.745. The number of anilines is 1. The first-order valence-electron chi connectivity index (χ1n) is 12.5. The van der Waals surface area contributed by atoms with Crippen LogP contribution in [-0.4, -0.2) is 38.1 Å². The van der Waals surface area contributed by atoms with E-state index in [1.54, 1.807) is 74.2 Å². The molecule has 1 amide bonds. The second-order valence-electron chi connectivity index (χ2n) is 9.31. The highest BCUT2D eigenvalue weighted by molar-refractivity contribution is 6.05. The molecule has 204 valence electrons. The molecular weight excluding hydrogens is 515 g/mol. The predicted molar refractivity (Wildman–Crippen MR) is 149 cm³/mol. The fraction of sp³-hybridized carbons (Fsp3) is 0.167. The van der Waals surface area contributed by atoms with Crippen molar-refractivity contribution in [2.75, 3.05) is 11.9 Å². The molecule has 0 unspecified atom stereocenters. The number of pyridine rings is 1. The highest BCUT2D eigenvalue weighted by Gasteiger charge is 2.22. The van der Waals surface area contributed by atoms with Gasteiger partial charge >= 0.3 is 0 Å². The number of fused-ring (bicyclic) bond motifs is 1. The van der Waals surface area contributed by atoms with E-state index in [1.807, 2.05) is 6.07 Å². The zero-order valence-electron chi connectivity index (χ0n) is 22.1. The second-order valence-corrected chi connectivity index (χ2v) is 9.31. The van der Waals surface area contributed by atoms with Crippen molar-refractivity contribution in [3.63, 3.8) is 0 Å². The largest absolute Gasteiger partial charge is 0.491 e. The SMILES string of the molecule is Cc1c(C(=O)Nc2ccc(Oc3ccnc4cc(OC[C@H](C)O)ccc34)cc2)c(=O)n(-c2ccc(F)cc2)n1C. The molecule has 0 spiro atoms. The number of benzene rings is 3. The van der Waals surface area contributed by atoms with Gasteiger partial charge in [-0.05, 0) is 80.6 Å². The summed E-state index contributed by atoms with van der Waals surface area (Å²) in [6, 6.07) is 19.4. The zero-order valence-corrected chi connectivity index (χ0v) is 22.1. The van der Waals surface area contributed by atoms with Gasteiger partial charge in [-0.1, -0.05) is 0 Å². The van der Waals surface area contributed by atoms with E-state index in [2.05, 4.69) is 10.3 Å². The van der Waals surface area contributed by atoms with Crippen LogP contribution in [0, 0.1) is 12.7 Å². The Bertz CT molecular complexity index is 1740. The fourth-order valence-electron chi connectivity index (χ4n) is 4.27. The van der Waals surface area contributed by atoms with Gasteiger partial charge in [-0.15, -0.1) is 0 Å². The van der Waals surface area contributed by atoms with Gasteiger partial charge in [-0.3, -0.25) is 19.3 Å². The molecule has 9 nitrogen and oxygen atoms in total. The monoisotopic (exact) mass is 542 g/mol. The third-order valence-electron chi connectivity index (χ3n) is 6.36. The number of carbonyl (C=O) groups excluding carboxylic acids is 1. The van der Waals surface area contributed by atoms with E-state index in [-0.39, 0.29) is 12.2 Å². The molecular formula is C30H27FN4O5. The first-order valence-corrected chi connectivity index (χ1v) is 12.5. The Morgan fingerprint density at radius 3 is 2.45 bits per heavy atom. The van der Waals surface area contributed by atoms with Crippen molar-refractivity contribution in [1.82, 2.24) is 14.3 Å². The maximum absolute atomic E-state index is 13.4. The molecule has 1 atom stereocenters. The second kappa shape index (κ2) is 11.0. The van der Waals surface area contributed by atoms with Crippen molar-refractivity contribution in [2.24, 2.45) is 7.05 Å². The van der Waals surface area contributed by atoms with E-state index in [0.29, 0.717) is 39.8 Å². The quantitative estimate of drug-likeness (QED) is 0.287. The minimum atomic E-state index is -0.581. The molecule has 0 bridgehead atoms. The van der Waals surface area contributed by atoms with Crippen LogP contribution in [0.4, 0.5) is 10.1 Å². The Balaban J connectivity index is 1.32. The lowest BCUT2D eigenvalue weighted by Crippen LogP contribution is -2.25. The molecule has 2 N–H and O–H groups in total. The first kappa shape index (κ1) is 26.6. The summed E-state index contributed by atoms with van der Waals surface area (Å²) < 4.78 is 27.9. The lowest BCUT2D eigenvalue weighted by Gasteiger charge is -2.12. The van der Waals surface area contributed by atoms with Gasteiger partial charge < -0.3 is 19.9 Å². The summed E-state index contributed by atoms with van der Waals surface area (Å²) in [6.07, 6.45) is 1.05. The first-order chi connectivity index (χ1) is 19.2. The van der Waals surface area contributed by atoms with E-state index in [0.717, 1.165) is 5.39 Å². The molecule has 2 aromatic heterocycles. The van der Waals surface area contributed by atoms with Gasteiger partial charge in [0, 0.05) is 30.4 Å². The van der Waals surface area contributed by atoms with E-state index in [1.165, 1.54) is 28.9 Å². The van der Waals surface area contributed by atoms with Gasteiger partial charge in [0.05, 0.1) is 23.0 Å². The van der Waals surface area contributed by atoms with Crippen LogP contribution in [0.2, 0.25) is 0 Å². The van der Waals surface area contributed by atoms with E-state index in [4.69, 9.17) is 9.47 Å². The molecule has 5 rings (SSSR count). The van der Waals surface area contributed by atoms with E-state index >= 15 is 0 Å². The van der Waals surface area contributed by atoms with Gasteiger partial charge in [-0.25, -0.2) is 9.07 Å². The minimum absolute atomic E-state index is 0.00722. The number of hydrogen-bond donors (Lipinski definition) is 2. The van der Waals surface area contributed by atoms with E-state index in [9.17, 15) is 19.1 Å². The lowest BCUT2D eigenvalue weighted by atomic mass is 10.2. The Labute approximate surface area is 229 Å². The van der Waals surface area contributed by atoms with Crippen molar-refractivity contribution in [3.05, 3.63) is 106 Å². The van der Waals surface area contributed by atoms with Crippen LogP contribution in [-0.2, 0) is 7.05 Å². The predicted octanol–water partition coefficient (Wildman–Crippen LogP) is 4.98. The number of aromatic nitrogens is 3. The number of nitrogens with one attached hydrogen (secondary N) is 1. The van der Waals surface area contributed by atoms with Crippen LogP contribution in [0.3, 0.4) is 0 Å². The number of hydrogen-bond acceptors (Lipinski definition) is 6. The summed E-state index contributed by atoms with van der Waals surface area (Å²) in [7, 11) is 1.66. The third kappa shape index (κ3) is 5.43. The molecule has 0 aliphatic heterocycles. The molecule has 40 heavy (non-hydrogen) atoms. The molecule has 0 aliphatic rings. The topological polar surface area (TPSA) is 108 Å². The Hall–Kier alpha value is -4.96. The number of amides is 1. The van der Waals surface area contributed by atoms with Crippen LogP contribution in [0.25, 0.3) is 16.6 Å². The summed E-state index contributed by atoms with van der Waals surface area (Å²) in [6.45, 7) is 3.50. The van der Waals surface area contributed by atoms with Crippen LogP contribution in [0.5, 0.6) is 17.2 Å². The van der Waals surface area contributed by atoms with Crippen molar-refractivity contribution in [1.29, 1.82) is 0 Å². The Morgan fingerprint density at radius 1 is 1.05 bits per heavy atom. The number of ether oxygens (including phenoxy) is 2. The molecule has 0 aliphatic carbocycles. The number of nitrogens with zero attached hydrogens (tertiary/aromatic N) is 3. The van der Waals surface area contributed by atoms with Gasteiger partial charge in [-0.2, -0.15) is 0 Å². The summed E-state index contributed by atoms with van der Waals surface area (Å²) >= 11 is 0. The molecule has 0 saturated heterocycles. The summed E-state index contributed by atoms with van der Waals surface area (Å²) in [5.41, 5.74) is 1.56. The Kier molecular flexibility index (Phi) is 7.35. The maximum atomic E-state index is 13.4. The molecule has 0 fully saturated rings. The normalized spacial score (nSPS) is 11.8. The molecule has 0 radical (unpaired) electrons. The highest BCUT2D eigenvalue weighted by Crippen LogP contribution is 2.31. The third-order valence-corrected chi connectivity index (χ3v) is 6.36. The lowest BCUT2D eigenvalue weighted by molar-refractivity contribution is 0.102. The Morgan fingerprint density at radius 2 is 1.75 bits per heavy atom. The number of aliphatic hydroxyl groups excluding tert-OH is 1. The van der Waals surface area contributed by atoms with Crippen molar-refractivity contribution >= 4 is 22.5 Å². The fourth-order valence-corrected chi connectivity index (χ4v) is 4.27. The van der Waals surface area contributed by atoms with Crippen molar-refractivity contribution in [3.8, 4) is 22.9 Å². The van der Waals surface area contributed by atoms with Crippen LogP contribution >= 0.6 is 0 Å².